The third-order valence-corrected chi connectivity index (χ3v) is 3.41. The molecule has 6 heteroatoms. The summed E-state index contributed by atoms with van der Waals surface area (Å²) in [5.41, 5.74) is 2.17. The van der Waals surface area contributed by atoms with Crippen LogP contribution in [0.25, 0.3) is 4.85 Å². The quantitative estimate of drug-likeness (QED) is 0.742. The molecule has 1 N–H and O–H groups in total. The molecule has 0 fully saturated rings. The van der Waals surface area contributed by atoms with Crippen molar-refractivity contribution in [2.24, 2.45) is 0 Å². The highest BCUT2D eigenvalue weighted by molar-refractivity contribution is 5.55. The highest BCUT2D eigenvalue weighted by Gasteiger charge is 2.05. The molecule has 2 aromatic carbocycles. The van der Waals surface area contributed by atoms with Crippen LogP contribution in [0.4, 0.5) is 5.69 Å². The highest BCUT2D eigenvalue weighted by Crippen LogP contribution is 2.28. The van der Waals surface area contributed by atoms with Gasteiger partial charge in [0.25, 0.3) is 5.56 Å². The molecule has 0 aliphatic carbocycles. The van der Waals surface area contributed by atoms with E-state index in [-0.39, 0.29) is 5.56 Å². The molecule has 0 spiro atoms. The first-order valence-corrected chi connectivity index (χ1v) is 7.40. The maximum Gasteiger partial charge on any atom is 0.264 e. The van der Waals surface area contributed by atoms with Crippen molar-refractivity contribution in [3.8, 4) is 17.6 Å². The molecule has 0 aliphatic rings. The minimum absolute atomic E-state index is 0.242. The molecule has 3 aromatic rings. The summed E-state index contributed by atoms with van der Waals surface area (Å²) in [4.78, 5) is 14.4. The summed E-state index contributed by atoms with van der Waals surface area (Å²) in [6.45, 7) is 7.09. The summed E-state index contributed by atoms with van der Waals surface area (Å²) in [5, 5.41) is 15.4. The van der Waals surface area contributed by atoms with Crippen LogP contribution in [0.3, 0.4) is 0 Å². The zero-order chi connectivity index (χ0) is 17.6. The Bertz CT molecular complexity index is 1010. The third kappa shape index (κ3) is 4.10. The van der Waals surface area contributed by atoms with Gasteiger partial charge in [0.05, 0.1) is 18.3 Å². The first-order chi connectivity index (χ1) is 12.2. The van der Waals surface area contributed by atoms with Crippen LogP contribution >= 0.6 is 0 Å². The Morgan fingerprint density at radius 2 is 2.04 bits per heavy atom. The fourth-order valence-electron chi connectivity index (χ4n) is 2.31. The maximum absolute atomic E-state index is 11.1. The predicted molar refractivity (Wildman–Crippen MR) is 91.6 cm³/mol. The fourth-order valence-corrected chi connectivity index (χ4v) is 2.31. The van der Waals surface area contributed by atoms with E-state index in [4.69, 9.17) is 16.6 Å². The molecule has 0 aliphatic heterocycles. The fraction of sp³-hybridized carbons (Fsp3) is 0.0526. The molecule has 0 bridgehead atoms. The van der Waals surface area contributed by atoms with E-state index in [0.29, 0.717) is 29.2 Å². The number of nitrogens with zero attached hydrogens (tertiary/aromatic N) is 3. The van der Waals surface area contributed by atoms with Gasteiger partial charge in [-0.3, -0.25) is 4.79 Å². The van der Waals surface area contributed by atoms with Crippen LogP contribution in [-0.2, 0) is 6.42 Å². The van der Waals surface area contributed by atoms with Gasteiger partial charge in [0.1, 0.15) is 11.5 Å². The lowest BCUT2D eigenvalue weighted by molar-refractivity contribution is 0.482. The van der Waals surface area contributed by atoms with Gasteiger partial charge < -0.3 is 4.74 Å². The van der Waals surface area contributed by atoms with Crippen molar-refractivity contribution in [2.45, 2.75) is 6.42 Å². The molecular formula is C19H12N4O2. The number of hydrogen-bond acceptors (Lipinski definition) is 4. The third-order valence-electron chi connectivity index (χ3n) is 3.41. The monoisotopic (exact) mass is 328 g/mol. The lowest BCUT2D eigenvalue weighted by Gasteiger charge is -2.08. The number of benzene rings is 2. The van der Waals surface area contributed by atoms with Gasteiger partial charge in [-0.15, -0.1) is 0 Å². The molecule has 0 saturated carbocycles. The Balaban J connectivity index is 1.82. The normalized spacial score (nSPS) is 9.84. The Kier molecular flexibility index (Phi) is 4.55. The molecule has 3 rings (SSSR count). The van der Waals surface area contributed by atoms with Crippen molar-refractivity contribution in [1.82, 2.24) is 10.2 Å². The molecule has 0 atom stereocenters. The van der Waals surface area contributed by atoms with E-state index in [0.717, 1.165) is 11.3 Å². The zero-order valence-electron chi connectivity index (χ0n) is 13.1. The molecule has 0 unspecified atom stereocenters. The first kappa shape index (κ1) is 16.0. The Hall–Kier alpha value is -3.90. The molecule has 0 radical (unpaired) electrons. The van der Waals surface area contributed by atoms with Gasteiger partial charge in [-0.05, 0) is 42.0 Å². The Labute approximate surface area is 143 Å². The van der Waals surface area contributed by atoms with Crippen molar-refractivity contribution in [2.75, 3.05) is 0 Å². The molecule has 1 heterocycles. The molecule has 120 valence electrons. The number of nitrogens with one attached hydrogen (secondary N) is 1. The molecule has 6 nitrogen and oxygen atoms in total. The molecule has 0 amide bonds. The number of aromatic amines is 1. The molecular weight excluding hydrogens is 316 g/mol. The topological polar surface area (TPSA) is 83.1 Å². The molecule has 25 heavy (non-hydrogen) atoms. The van der Waals surface area contributed by atoms with Crippen molar-refractivity contribution >= 4 is 5.69 Å². The van der Waals surface area contributed by atoms with Crippen LogP contribution in [0.5, 0.6) is 11.5 Å². The van der Waals surface area contributed by atoms with E-state index in [1.165, 1.54) is 12.1 Å². The minimum Gasteiger partial charge on any atom is -0.459 e. The number of nitriles is 1. The van der Waals surface area contributed by atoms with E-state index in [1.807, 2.05) is 24.3 Å². The van der Waals surface area contributed by atoms with Gasteiger partial charge in [0.2, 0.25) is 0 Å². The van der Waals surface area contributed by atoms with E-state index >= 15 is 0 Å². The lowest BCUT2D eigenvalue weighted by atomic mass is 10.1. The number of ether oxygens (including phenoxy) is 1. The second kappa shape index (κ2) is 7.12. The summed E-state index contributed by atoms with van der Waals surface area (Å²) >= 11 is 0. The number of aromatic nitrogens is 2. The predicted octanol–water partition coefficient (Wildman–Crippen LogP) is 3.58. The number of H-pyrrole nitrogens is 1. The van der Waals surface area contributed by atoms with E-state index in [9.17, 15) is 4.79 Å². The largest absolute Gasteiger partial charge is 0.459 e. The van der Waals surface area contributed by atoms with Crippen LogP contribution in [0.2, 0.25) is 0 Å². The van der Waals surface area contributed by atoms with E-state index < -0.39 is 0 Å². The van der Waals surface area contributed by atoms with Crippen LogP contribution in [0.1, 0.15) is 16.8 Å². The van der Waals surface area contributed by atoms with Crippen molar-refractivity contribution < 1.29 is 4.74 Å². The Morgan fingerprint density at radius 3 is 2.76 bits per heavy atom. The molecule has 0 saturated heterocycles. The van der Waals surface area contributed by atoms with Gasteiger partial charge in [-0.25, -0.2) is 9.94 Å². The van der Waals surface area contributed by atoms with Crippen molar-refractivity contribution in [3.05, 3.63) is 93.2 Å². The average Bonchev–Trinajstić information content (AvgIpc) is 2.63. The van der Waals surface area contributed by atoms with Crippen molar-refractivity contribution in [1.29, 1.82) is 5.26 Å². The van der Waals surface area contributed by atoms with Crippen LogP contribution in [0.15, 0.2) is 59.4 Å². The Morgan fingerprint density at radius 1 is 1.16 bits per heavy atom. The summed E-state index contributed by atoms with van der Waals surface area (Å²) in [6, 6.07) is 17.2. The molecule has 1 aromatic heterocycles. The van der Waals surface area contributed by atoms with Crippen LogP contribution < -0.4 is 10.3 Å². The van der Waals surface area contributed by atoms with E-state index in [2.05, 4.69) is 15.0 Å². The van der Waals surface area contributed by atoms with Gasteiger partial charge >= 0.3 is 0 Å². The minimum atomic E-state index is -0.242. The van der Waals surface area contributed by atoms with Crippen molar-refractivity contribution in [3.63, 3.8) is 0 Å². The van der Waals surface area contributed by atoms with Gasteiger partial charge in [0, 0.05) is 18.1 Å². The first-order valence-electron chi connectivity index (χ1n) is 7.40. The second-order valence-corrected chi connectivity index (χ2v) is 5.28. The zero-order valence-corrected chi connectivity index (χ0v) is 13.1. The van der Waals surface area contributed by atoms with Gasteiger partial charge in [-0.2, -0.15) is 10.4 Å². The van der Waals surface area contributed by atoms with Gasteiger partial charge in [-0.1, -0.05) is 12.1 Å². The average molecular weight is 328 g/mol. The summed E-state index contributed by atoms with van der Waals surface area (Å²) in [7, 11) is 0. The smallest absolute Gasteiger partial charge is 0.264 e. The standard InChI is InChI=1S/C19H12N4O2/c1-21-16-8-14(12-20)10-18(11-16)25-17-4-2-3-13(9-17)7-15-5-6-19(24)23-22-15/h2-6,8-11H,7H2,(H,23,24). The summed E-state index contributed by atoms with van der Waals surface area (Å²) in [6.07, 6.45) is 0.541. The van der Waals surface area contributed by atoms with Gasteiger partial charge in [0.15, 0.2) is 5.69 Å². The summed E-state index contributed by atoms with van der Waals surface area (Å²) in [5.74, 6) is 1.03. The maximum atomic E-state index is 11.1. The van der Waals surface area contributed by atoms with E-state index in [1.54, 1.807) is 24.3 Å². The number of hydrogen-bond donors (Lipinski definition) is 1. The SMILES string of the molecule is [C-]#[N+]c1cc(C#N)cc(Oc2cccc(Cc3ccc(=O)[nH]n3)c2)c1. The second-order valence-electron chi connectivity index (χ2n) is 5.28. The lowest BCUT2D eigenvalue weighted by Crippen LogP contribution is -2.07. The highest BCUT2D eigenvalue weighted by atomic mass is 16.5. The van der Waals surface area contributed by atoms with Crippen LogP contribution in [-0.4, -0.2) is 10.2 Å². The van der Waals surface area contributed by atoms with Crippen LogP contribution in [0, 0.1) is 17.9 Å². The number of rotatable bonds is 4. The summed E-state index contributed by atoms with van der Waals surface area (Å²) < 4.78 is 5.79.